The maximum atomic E-state index is 3.65. The molecule has 1 aromatic carbocycles. The molecule has 2 atom stereocenters. The third-order valence-electron chi connectivity index (χ3n) is 3.72. The molecule has 0 aromatic heterocycles. The topological polar surface area (TPSA) is 15.3 Å². The van der Waals surface area contributed by atoms with Crippen LogP contribution in [0.3, 0.4) is 0 Å². The van der Waals surface area contributed by atoms with E-state index in [-0.39, 0.29) is 0 Å². The minimum atomic E-state index is 0.627. The Balaban J connectivity index is 1.95. The van der Waals surface area contributed by atoms with Gasteiger partial charge in [0.05, 0.1) is 0 Å². The number of piperazine rings is 1. The van der Waals surface area contributed by atoms with Crippen molar-refractivity contribution in [2.75, 3.05) is 13.1 Å². The van der Waals surface area contributed by atoms with Gasteiger partial charge in [-0.15, -0.1) is 0 Å². The highest BCUT2D eigenvalue weighted by molar-refractivity contribution is 9.10. The first kappa shape index (κ1) is 14.0. The Morgan fingerprint density at radius 2 is 2.06 bits per heavy atom. The van der Waals surface area contributed by atoms with Gasteiger partial charge in [0.1, 0.15) is 0 Å². The van der Waals surface area contributed by atoms with Crippen LogP contribution in [0.4, 0.5) is 0 Å². The maximum Gasteiger partial charge on any atom is 0.0237 e. The normalized spacial score (nSPS) is 25.3. The average molecular weight is 311 g/mol. The molecule has 2 unspecified atom stereocenters. The third kappa shape index (κ3) is 3.81. The number of hydrogen-bond acceptors (Lipinski definition) is 2. The molecule has 1 aliphatic heterocycles. The van der Waals surface area contributed by atoms with Crippen LogP contribution in [-0.2, 0) is 6.54 Å². The molecule has 1 aromatic rings. The molecule has 0 amide bonds. The second kappa shape index (κ2) is 6.69. The van der Waals surface area contributed by atoms with E-state index in [1.165, 1.54) is 24.9 Å². The summed E-state index contributed by atoms with van der Waals surface area (Å²) in [4.78, 5) is 2.60. The first-order valence-electron chi connectivity index (χ1n) is 6.91. The highest BCUT2D eigenvalue weighted by Gasteiger charge is 2.24. The summed E-state index contributed by atoms with van der Waals surface area (Å²) in [6.07, 6.45) is 2.54. The number of nitrogens with one attached hydrogen (secondary N) is 1. The van der Waals surface area contributed by atoms with Crippen molar-refractivity contribution in [1.29, 1.82) is 0 Å². The molecule has 0 bridgehead atoms. The van der Waals surface area contributed by atoms with Crippen LogP contribution in [0.25, 0.3) is 0 Å². The summed E-state index contributed by atoms with van der Waals surface area (Å²) < 4.78 is 1.16. The van der Waals surface area contributed by atoms with Crippen LogP contribution in [0, 0.1) is 0 Å². The van der Waals surface area contributed by atoms with Crippen molar-refractivity contribution in [1.82, 2.24) is 10.2 Å². The molecule has 1 aliphatic rings. The molecule has 100 valence electrons. The summed E-state index contributed by atoms with van der Waals surface area (Å²) in [7, 11) is 0. The van der Waals surface area contributed by atoms with Gasteiger partial charge in [-0.25, -0.2) is 0 Å². The average Bonchev–Trinajstić information content (AvgIpc) is 2.36. The fraction of sp³-hybridized carbons (Fsp3) is 0.600. The lowest BCUT2D eigenvalue weighted by atomic mass is 10.0. The van der Waals surface area contributed by atoms with Gasteiger partial charge in [0.25, 0.3) is 0 Å². The third-order valence-corrected chi connectivity index (χ3v) is 4.24. The predicted molar refractivity (Wildman–Crippen MR) is 80.7 cm³/mol. The first-order valence-corrected chi connectivity index (χ1v) is 7.70. The number of hydrogen-bond donors (Lipinski definition) is 1. The van der Waals surface area contributed by atoms with Crippen LogP contribution in [0.2, 0.25) is 0 Å². The summed E-state index contributed by atoms with van der Waals surface area (Å²) in [6, 6.07) is 9.99. The van der Waals surface area contributed by atoms with Crippen LogP contribution >= 0.6 is 15.9 Å². The fourth-order valence-corrected chi connectivity index (χ4v) is 2.84. The lowest BCUT2D eigenvalue weighted by Crippen LogP contribution is -2.54. The minimum Gasteiger partial charge on any atom is -0.311 e. The van der Waals surface area contributed by atoms with E-state index in [1.807, 2.05) is 0 Å². The number of rotatable bonds is 4. The molecule has 2 rings (SSSR count). The Labute approximate surface area is 119 Å². The van der Waals surface area contributed by atoms with E-state index in [0.717, 1.165) is 17.6 Å². The SMILES string of the molecule is CCCC1CN(Cc2ccc(Br)cc2)C(C)CN1. The fourth-order valence-electron chi connectivity index (χ4n) is 2.58. The molecular formula is C15H23BrN2. The highest BCUT2D eigenvalue weighted by atomic mass is 79.9. The molecule has 0 radical (unpaired) electrons. The van der Waals surface area contributed by atoms with Crippen LogP contribution in [0.15, 0.2) is 28.7 Å². The Morgan fingerprint density at radius 3 is 2.72 bits per heavy atom. The molecule has 18 heavy (non-hydrogen) atoms. The van der Waals surface area contributed by atoms with Crippen molar-refractivity contribution in [3.8, 4) is 0 Å². The minimum absolute atomic E-state index is 0.627. The van der Waals surface area contributed by atoms with E-state index in [0.29, 0.717) is 12.1 Å². The zero-order chi connectivity index (χ0) is 13.0. The lowest BCUT2D eigenvalue weighted by molar-refractivity contribution is 0.129. The van der Waals surface area contributed by atoms with Crippen molar-refractivity contribution in [3.63, 3.8) is 0 Å². The van der Waals surface area contributed by atoms with Gasteiger partial charge >= 0.3 is 0 Å². The van der Waals surface area contributed by atoms with Crippen molar-refractivity contribution in [3.05, 3.63) is 34.3 Å². The highest BCUT2D eigenvalue weighted by Crippen LogP contribution is 2.16. The van der Waals surface area contributed by atoms with Crippen LogP contribution in [-0.4, -0.2) is 30.1 Å². The summed E-state index contributed by atoms with van der Waals surface area (Å²) in [6.45, 7) is 7.93. The smallest absolute Gasteiger partial charge is 0.0237 e. The Kier molecular flexibility index (Phi) is 5.22. The second-order valence-electron chi connectivity index (χ2n) is 5.30. The Bertz CT molecular complexity index is 363. The monoisotopic (exact) mass is 310 g/mol. The number of benzene rings is 1. The van der Waals surface area contributed by atoms with Crippen molar-refractivity contribution in [2.24, 2.45) is 0 Å². The van der Waals surface area contributed by atoms with Gasteiger partial charge in [-0.1, -0.05) is 41.4 Å². The molecule has 0 saturated carbocycles. The molecule has 0 spiro atoms. The van der Waals surface area contributed by atoms with Gasteiger partial charge in [0, 0.05) is 36.2 Å². The largest absolute Gasteiger partial charge is 0.311 e. The molecule has 2 nitrogen and oxygen atoms in total. The molecule has 1 saturated heterocycles. The van der Waals surface area contributed by atoms with E-state index in [9.17, 15) is 0 Å². The van der Waals surface area contributed by atoms with E-state index in [1.54, 1.807) is 0 Å². The van der Waals surface area contributed by atoms with Crippen LogP contribution < -0.4 is 5.32 Å². The number of nitrogens with zero attached hydrogens (tertiary/aromatic N) is 1. The molecule has 3 heteroatoms. The van der Waals surface area contributed by atoms with E-state index in [2.05, 4.69) is 64.3 Å². The molecule has 1 N–H and O–H groups in total. The van der Waals surface area contributed by atoms with Crippen LogP contribution in [0.5, 0.6) is 0 Å². The van der Waals surface area contributed by atoms with E-state index in [4.69, 9.17) is 0 Å². The van der Waals surface area contributed by atoms with Gasteiger partial charge in [-0.05, 0) is 31.0 Å². The summed E-state index contributed by atoms with van der Waals surface area (Å²) in [5.74, 6) is 0. The van der Waals surface area contributed by atoms with Gasteiger partial charge in [0.15, 0.2) is 0 Å². The first-order chi connectivity index (χ1) is 8.69. The molecular weight excluding hydrogens is 288 g/mol. The van der Waals surface area contributed by atoms with Gasteiger partial charge in [-0.2, -0.15) is 0 Å². The molecule has 1 fully saturated rings. The quantitative estimate of drug-likeness (QED) is 0.917. The van der Waals surface area contributed by atoms with Gasteiger partial charge < -0.3 is 5.32 Å². The van der Waals surface area contributed by atoms with Crippen molar-refractivity contribution in [2.45, 2.75) is 45.3 Å². The second-order valence-corrected chi connectivity index (χ2v) is 6.21. The van der Waals surface area contributed by atoms with Crippen molar-refractivity contribution < 1.29 is 0 Å². The standard InChI is InChI=1S/C15H23BrN2/c1-3-4-15-11-18(12(2)9-17-15)10-13-5-7-14(16)8-6-13/h5-8,12,15,17H,3-4,9-11H2,1-2H3. The zero-order valence-electron chi connectivity index (χ0n) is 11.3. The Morgan fingerprint density at radius 1 is 1.33 bits per heavy atom. The van der Waals surface area contributed by atoms with Crippen molar-refractivity contribution >= 4 is 15.9 Å². The van der Waals surface area contributed by atoms with E-state index >= 15 is 0 Å². The zero-order valence-corrected chi connectivity index (χ0v) is 12.9. The van der Waals surface area contributed by atoms with Gasteiger partial charge in [0.2, 0.25) is 0 Å². The van der Waals surface area contributed by atoms with Gasteiger partial charge in [-0.3, -0.25) is 4.90 Å². The number of halogens is 1. The van der Waals surface area contributed by atoms with Crippen LogP contribution in [0.1, 0.15) is 32.3 Å². The maximum absolute atomic E-state index is 3.65. The molecule has 1 heterocycles. The predicted octanol–water partition coefficient (Wildman–Crippen LogP) is 3.41. The summed E-state index contributed by atoms with van der Waals surface area (Å²) in [5, 5.41) is 3.65. The molecule has 0 aliphatic carbocycles. The summed E-state index contributed by atoms with van der Waals surface area (Å²) in [5.41, 5.74) is 1.40. The summed E-state index contributed by atoms with van der Waals surface area (Å²) >= 11 is 3.49. The lowest BCUT2D eigenvalue weighted by Gasteiger charge is -2.39. The van der Waals surface area contributed by atoms with E-state index < -0.39 is 0 Å². The Hall–Kier alpha value is -0.380.